The Labute approximate surface area is 162 Å². The molecule has 2 aromatic rings. The van der Waals surface area contributed by atoms with Crippen LogP contribution in [0.1, 0.15) is 49.9 Å². The van der Waals surface area contributed by atoms with Gasteiger partial charge in [-0.2, -0.15) is 0 Å². The van der Waals surface area contributed by atoms with Crippen LogP contribution in [0.5, 0.6) is 11.5 Å². The second-order valence-electron chi connectivity index (χ2n) is 5.95. The Morgan fingerprint density at radius 2 is 1.16 bits per heavy atom. The molecule has 0 fully saturated rings. The first-order valence-corrected chi connectivity index (χ1v) is 12.7. The van der Waals surface area contributed by atoms with Crippen LogP contribution in [0.4, 0.5) is 0 Å². The molecule has 2 aromatic carbocycles. The minimum atomic E-state index is -2.74. The monoisotopic (exact) mass is 394 g/mol. The van der Waals surface area contributed by atoms with Gasteiger partial charge in [0.05, 0.1) is 0 Å². The van der Waals surface area contributed by atoms with Crippen LogP contribution in [0.3, 0.4) is 0 Å². The summed E-state index contributed by atoms with van der Waals surface area (Å²) in [7, 11) is 0. The lowest BCUT2D eigenvalue weighted by Crippen LogP contribution is -2.00. The van der Waals surface area contributed by atoms with Crippen molar-refractivity contribution in [1.82, 2.24) is 0 Å². The highest BCUT2D eigenvalue weighted by Crippen LogP contribution is 2.54. The molecule has 0 saturated carbocycles. The molecule has 136 valence electrons. The van der Waals surface area contributed by atoms with Crippen LogP contribution in [0, 0.1) is 0 Å². The molecular weight excluding hydrogens is 367 g/mol. The van der Waals surface area contributed by atoms with Gasteiger partial charge in [0.25, 0.3) is 0 Å². The van der Waals surface area contributed by atoms with Crippen LogP contribution in [0.15, 0.2) is 36.4 Å². The van der Waals surface area contributed by atoms with Crippen molar-refractivity contribution in [1.29, 1.82) is 0 Å². The predicted octanol–water partition coefficient (Wildman–Crippen LogP) is 6.55. The Balaban J connectivity index is 2.24. The molecule has 0 radical (unpaired) electrons. The zero-order chi connectivity index (χ0) is 18.4. The van der Waals surface area contributed by atoms with Gasteiger partial charge in [0.1, 0.15) is 11.5 Å². The SMILES string of the molecule is CCc1ccc(OP(=S)(S)Oc2ccc(CC)cc2CC)c(CC)c1. The summed E-state index contributed by atoms with van der Waals surface area (Å²) in [6, 6.07) is 12.5. The number of thiol groups is 1. The van der Waals surface area contributed by atoms with Crippen molar-refractivity contribution in [3.8, 4) is 11.5 Å². The highest BCUT2D eigenvalue weighted by atomic mass is 32.9. The third-order valence-corrected chi connectivity index (χ3v) is 6.05. The maximum Gasteiger partial charge on any atom is 0.345 e. The average Bonchev–Trinajstić information content (AvgIpc) is 2.61. The molecule has 2 rings (SSSR count). The number of hydrogen-bond donors (Lipinski definition) is 1. The first-order chi connectivity index (χ1) is 11.9. The molecule has 0 saturated heterocycles. The fraction of sp³-hybridized carbons (Fsp3) is 0.400. The third-order valence-electron chi connectivity index (χ3n) is 4.26. The summed E-state index contributed by atoms with van der Waals surface area (Å²) in [5.74, 6) is 1.56. The maximum absolute atomic E-state index is 6.05. The lowest BCUT2D eigenvalue weighted by atomic mass is 10.1. The van der Waals surface area contributed by atoms with E-state index < -0.39 is 5.69 Å². The largest absolute Gasteiger partial charge is 0.428 e. The Hall–Kier alpha value is -0.960. The van der Waals surface area contributed by atoms with E-state index in [0.717, 1.165) is 48.3 Å². The minimum Gasteiger partial charge on any atom is -0.428 e. The molecule has 0 bridgehead atoms. The van der Waals surface area contributed by atoms with E-state index in [0.29, 0.717) is 0 Å². The second kappa shape index (κ2) is 9.12. The second-order valence-corrected chi connectivity index (χ2v) is 11.1. The number of rotatable bonds is 8. The van der Waals surface area contributed by atoms with E-state index in [1.54, 1.807) is 0 Å². The number of hydrogen-bond acceptors (Lipinski definition) is 3. The van der Waals surface area contributed by atoms with Crippen LogP contribution in [-0.2, 0) is 37.5 Å². The van der Waals surface area contributed by atoms with Gasteiger partial charge >= 0.3 is 5.69 Å². The third kappa shape index (κ3) is 5.51. The van der Waals surface area contributed by atoms with Gasteiger partial charge in [-0.1, -0.05) is 64.2 Å². The van der Waals surface area contributed by atoms with Crippen molar-refractivity contribution in [2.45, 2.75) is 53.4 Å². The van der Waals surface area contributed by atoms with Crippen molar-refractivity contribution in [3.63, 3.8) is 0 Å². The van der Waals surface area contributed by atoms with Gasteiger partial charge < -0.3 is 9.05 Å². The topological polar surface area (TPSA) is 18.5 Å². The first kappa shape index (κ1) is 20.4. The first-order valence-electron chi connectivity index (χ1n) is 8.87. The Bertz CT molecular complexity index is 713. The smallest absolute Gasteiger partial charge is 0.345 e. The molecule has 0 aliphatic heterocycles. The van der Waals surface area contributed by atoms with Crippen molar-refractivity contribution < 1.29 is 9.05 Å². The summed E-state index contributed by atoms with van der Waals surface area (Å²) < 4.78 is 12.1. The molecule has 0 spiro atoms. The molecular formula is C20H27O2PS2. The molecule has 0 aromatic heterocycles. The van der Waals surface area contributed by atoms with Gasteiger partial charge in [0, 0.05) is 0 Å². The van der Waals surface area contributed by atoms with E-state index in [-0.39, 0.29) is 0 Å². The number of aryl methyl sites for hydroxylation is 4. The fourth-order valence-corrected chi connectivity index (χ4v) is 4.60. The maximum atomic E-state index is 6.05. The Morgan fingerprint density at radius 3 is 1.48 bits per heavy atom. The molecule has 2 nitrogen and oxygen atoms in total. The van der Waals surface area contributed by atoms with Crippen molar-refractivity contribution in [2.75, 3.05) is 0 Å². The normalized spacial score (nSPS) is 11.4. The molecule has 0 aliphatic rings. The number of benzene rings is 2. The quantitative estimate of drug-likeness (QED) is 0.405. The van der Waals surface area contributed by atoms with E-state index in [2.05, 4.69) is 64.2 Å². The van der Waals surface area contributed by atoms with Crippen LogP contribution in [0.25, 0.3) is 0 Å². The van der Waals surface area contributed by atoms with E-state index in [1.165, 1.54) is 11.1 Å². The highest BCUT2D eigenvalue weighted by molar-refractivity contribution is 8.60. The molecule has 0 aliphatic carbocycles. The van der Waals surface area contributed by atoms with Crippen LogP contribution >= 0.6 is 17.9 Å². The summed E-state index contributed by atoms with van der Waals surface area (Å²) >= 11 is 10.1. The molecule has 0 heterocycles. The summed E-state index contributed by atoms with van der Waals surface area (Å²) in [5.41, 5.74) is 2.13. The van der Waals surface area contributed by atoms with Gasteiger partial charge in [0.15, 0.2) is 0 Å². The summed E-state index contributed by atoms with van der Waals surface area (Å²) in [5, 5.41) is 0. The fourth-order valence-electron chi connectivity index (χ4n) is 2.70. The lowest BCUT2D eigenvalue weighted by molar-refractivity contribution is 0.500. The van der Waals surface area contributed by atoms with Crippen molar-refractivity contribution in [3.05, 3.63) is 58.7 Å². The molecule has 5 heteroatoms. The van der Waals surface area contributed by atoms with Crippen LogP contribution in [-0.4, -0.2) is 0 Å². The predicted molar refractivity (Wildman–Crippen MR) is 115 cm³/mol. The standard InChI is InChI=1S/C20H27O2PS2/c1-5-15-9-11-19(17(7-3)13-15)21-23(24,25)22-20-12-10-16(6-2)14-18(20)8-4/h9-14H,5-8H2,1-4H3,(H,24,25). The zero-order valence-electron chi connectivity index (χ0n) is 15.4. The molecule has 0 unspecified atom stereocenters. The molecule has 0 N–H and O–H groups in total. The van der Waals surface area contributed by atoms with Crippen molar-refractivity contribution in [2.24, 2.45) is 0 Å². The molecule has 0 atom stereocenters. The highest BCUT2D eigenvalue weighted by Gasteiger charge is 2.20. The van der Waals surface area contributed by atoms with Gasteiger partial charge in [-0.3, -0.25) is 0 Å². The van der Waals surface area contributed by atoms with Gasteiger partial charge in [-0.15, -0.1) is 0 Å². The van der Waals surface area contributed by atoms with Gasteiger partial charge in [0.2, 0.25) is 0 Å². The molecule has 0 amide bonds. The van der Waals surface area contributed by atoms with E-state index in [1.807, 2.05) is 12.1 Å². The lowest BCUT2D eigenvalue weighted by Gasteiger charge is -2.22. The minimum absolute atomic E-state index is 0.779. The zero-order valence-corrected chi connectivity index (χ0v) is 18.0. The van der Waals surface area contributed by atoms with E-state index in [4.69, 9.17) is 20.9 Å². The molecule has 25 heavy (non-hydrogen) atoms. The summed E-state index contributed by atoms with van der Waals surface area (Å²) in [6.07, 6.45) is 3.78. The van der Waals surface area contributed by atoms with Crippen LogP contribution < -0.4 is 9.05 Å². The summed E-state index contributed by atoms with van der Waals surface area (Å²) in [4.78, 5) is 0. The van der Waals surface area contributed by atoms with Gasteiger partial charge in [-0.05, 0) is 71.9 Å². The van der Waals surface area contributed by atoms with Gasteiger partial charge in [-0.25, -0.2) is 0 Å². The van der Waals surface area contributed by atoms with E-state index in [9.17, 15) is 0 Å². The van der Waals surface area contributed by atoms with Crippen LogP contribution in [0.2, 0.25) is 0 Å². The Morgan fingerprint density at radius 1 is 0.760 bits per heavy atom. The summed E-state index contributed by atoms with van der Waals surface area (Å²) in [6.45, 7) is 8.52. The Kier molecular flexibility index (Phi) is 7.42. The van der Waals surface area contributed by atoms with Crippen molar-refractivity contribution >= 4 is 29.7 Å². The van der Waals surface area contributed by atoms with E-state index >= 15 is 0 Å². The average molecular weight is 395 g/mol.